The topological polar surface area (TPSA) is 71.5 Å². The fraction of sp³-hybridized carbons (Fsp3) is 0.130. The van der Waals surface area contributed by atoms with Crippen LogP contribution in [0, 0.1) is 0 Å². The lowest BCUT2D eigenvalue weighted by Crippen LogP contribution is -2.18. The molecule has 0 unspecified atom stereocenters. The highest BCUT2D eigenvalue weighted by Crippen LogP contribution is 2.16. The molecule has 5 nitrogen and oxygen atoms in total. The van der Waals surface area contributed by atoms with Crippen molar-refractivity contribution in [1.29, 1.82) is 0 Å². The lowest BCUT2D eigenvalue weighted by molar-refractivity contribution is 0.0706. The number of ether oxygens (including phenoxy) is 1. The van der Waals surface area contributed by atoms with Gasteiger partial charge in [0.15, 0.2) is 0 Å². The quantitative estimate of drug-likeness (QED) is 0.366. The van der Waals surface area contributed by atoms with Crippen LogP contribution in [-0.4, -0.2) is 16.1 Å². The number of amides is 1. The first-order valence-corrected chi connectivity index (χ1v) is 8.75. The van der Waals surface area contributed by atoms with Gasteiger partial charge in [0, 0.05) is 10.9 Å². The molecule has 0 bridgehead atoms. The summed E-state index contributed by atoms with van der Waals surface area (Å²) in [6.45, 7) is 10.8. The fourth-order valence-electron chi connectivity index (χ4n) is 2.11. The van der Waals surface area contributed by atoms with Crippen molar-refractivity contribution in [2.75, 3.05) is 0 Å². The van der Waals surface area contributed by atoms with E-state index in [1.807, 2.05) is 50.2 Å². The summed E-state index contributed by atoms with van der Waals surface area (Å²) in [5.74, 6) is 0.0761. The van der Waals surface area contributed by atoms with Crippen LogP contribution in [0.2, 0.25) is 0 Å². The first kappa shape index (κ1) is 22.6. The van der Waals surface area contributed by atoms with Crippen LogP contribution in [0.25, 0.3) is 10.9 Å². The molecule has 2 aromatic carbocycles. The Labute approximate surface area is 166 Å². The molecule has 0 radical (unpaired) electrons. The number of carbonyl (C=O) groups is 1. The van der Waals surface area contributed by atoms with Gasteiger partial charge in [-0.3, -0.25) is 10.0 Å². The number of carbonyl (C=O) groups excluding carboxylic acids is 1. The number of hydrogen-bond donors (Lipinski definition) is 2. The van der Waals surface area contributed by atoms with E-state index in [2.05, 4.69) is 18.1 Å². The second-order valence-corrected chi connectivity index (χ2v) is 5.57. The average Bonchev–Trinajstić information content (AvgIpc) is 2.73. The van der Waals surface area contributed by atoms with Gasteiger partial charge in [0.25, 0.3) is 5.91 Å². The standard InChI is InChI=1S/C17H14N2O3.2C3H6/c20-17(19-21)13-6-9-15(10-7-13)22-11-14-8-5-12-3-1-2-4-16(12)18-14;2*1-3-2/h1-10,21H,11H2,(H,19,20);2*3H,1H2,2H3. The lowest BCUT2D eigenvalue weighted by Gasteiger charge is -2.07. The largest absolute Gasteiger partial charge is 0.487 e. The zero-order valence-corrected chi connectivity index (χ0v) is 16.3. The van der Waals surface area contributed by atoms with Crippen molar-refractivity contribution < 1.29 is 14.7 Å². The number of rotatable bonds is 4. The van der Waals surface area contributed by atoms with Crippen molar-refractivity contribution in [2.24, 2.45) is 0 Å². The van der Waals surface area contributed by atoms with Gasteiger partial charge in [-0.05, 0) is 50.2 Å². The highest BCUT2D eigenvalue weighted by atomic mass is 16.5. The second kappa shape index (κ2) is 12.8. The van der Waals surface area contributed by atoms with E-state index in [-0.39, 0.29) is 0 Å². The molecule has 2 N–H and O–H groups in total. The van der Waals surface area contributed by atoms with Crippen molar-refractivity contribution in [3.63, 3.8) is 0 Å². The van der Waals surface area contributed by atoms with Crippen molar-refractivity contribution >= 4 is 16.8 Å². The van der Waals surface area contributed by atoms with Crippen LogP contribution >= 0.6 is 0 Å². The summed E-state index contributed by atoms with van der Waals surface area (Å²) in [5.41, 5.74) is 3.70. The predicted molar refractivity (Wildman–Crippen MR) is 114 cm³/mol. The smallest absolute Gasteiger partial charge is 0.274 e. The van der Waals surface area contributed by atoms with Crippen LogP contribution in [0.15, 0.2) is 86.0 Å². The Kier molecular flexibility index (Phi) is 10.4. The Morgan fingerprint density at radius 1 is 1.04 bits per heavy atom. The van der Waals surface area contributed by atoms with Gasteiger partial charge in [-0.1, -0.05) is 36.4 Å². The molecule has 0 saturated heterocycles. The monoisotopic (exact) mass is 378 g/mol. The number of hydroxylamine groups is 1. The Morgan fingerprint density at radius 3 is 2.25 bits per heavy atom. The van der Waals surface area contributed by atoms with Crippen LogP contribution in [0.1, 0.15) is 29.9 Å². The third-order valence-electron chi connectivity index (χ3n) is 3.26. The summed E-state index contributed by atoms with van der Waals surface area (Å²) in [6.07, 6.45) is 3.50. The van der Waals surface area contributed by atoms with Gasteiger partial charge in [0.05, 0.1) is 11.2 Å². The number of allylic oxidation sites excluding steroid dienone is 2. The second-order valence-electron chi connectivity index (χ2n) is 5.57. The van der Waals surface area contributed by atoms with Gasteiger partial charge < -0.3 is 4.74 Å². The maximum Gasteiger partial charge on any atom is 0.274 e. The maximum atomic E-state index is 11.2. The third kappa shape index (κ3) is 7.43. The number of nitrogens with one attached hydrogen (secondary N) is 1. The van der Waals surface area contributed by atoms with Crippen molar-refractivity contribution in [3.8, 4) is 5.75 Å². The van der Waals surface area contributed by atoms with Gasteiger partial charge in [0.2, 0.25) is 0 Å². The van der Waals surface area contributed by atoms with E-state index in [1.54, 1.807) is 41.9 Å². The highest BCUT2D eigenvalue weighted by molar-refractivity contribution is 5.93. The minimum Gasteiger partial charge on any atom is -0.487 e. The molecule has 1 heterocycles. The number of aromatic nitrogens is 1. The number of fused-ring (bicyclic) bond motifs is 1. The summed E-state index contributed by atoms with van der Waals surface area (Å²) in [6, 6.07) is 18.3. The number of pyridine rings is 1. The van der Waals surface area contributed by atoms with Crippen molar-refractivity contribution in [3.05, 3.63) is 97.2 Å². The van der Waals surface area contributed by atoms with Crippen LogP contribution in [0.5, 0.6) is 5.75 Å². The Morgan fingerprint density at radius 2 is 1.64 bits per heavy atom. The first-order valence-electron chi connectivity index (χ1n) is 8.75. The molecule has 0 aliphatic heterocycles. The molecule has 3 aromatic rings. The molecule has 0 spiro atoms. The number of benzene rings is 2. The Hall–Kier alpha value is -3.44. The molecule has 0 atom stereocenters. The third-order valence-corrected chi connectivity index (χ3v) is 3.26. The maximum absolute atomic E-state index is 11.2. The van der Waals surface area contributed by atoms with Gasteiger partial charge in [-0.25, -0.2) is 10.5 Å². The Balaban J connectivity index is 0.000000582. The summed E-state index contributed by atoms with van der Waals surface area (Å²) in [5, 5.41) is 9.65. The molecule has 3 rings (SSSR count). The molecule has 0 fully saturated rings. The fourth-order valence-corrected chi connectivity index (χ4v) is 2.11. The van der Waals surface area contributed by atoms with Crippen LogP contribution in [-0.2, 0) is 6.61 Å². The van der Waals surface area contributed by atoms with Gasteiger partial charge >= 0.3 is 0 Å². The van der Waals surface area contributed by atoms with E-state index in [4.69, 9.17) is 9.94 Å². The summed E-state index contributed by atoms with van der Waals surface area (Å²) >= 11 is 0. The van der Waals surface area contributed by atoms with E-state index in [1.165, 1.54) is 0 Å². The van der Waals surface area contributed by atoms with E-state index in [0.717, 1.165) is 16.6 Å². The Bertz CT molecular complexity index is 884. The summed E-state index contributed by atoms with van der Waals surface area (Å²) < 4.78 is 5.65. The van der Waals surface area contributed by atoms with E-state index in [9.17, 15) is 4.79 Å². The van der Waals surface area contributed by atoms with Gasteiger partial charge in [0.1, 0.15) is 12.4 Å². The minimum atomic E-state index is -0.553. The average molecular weight is 378 g/mol. The molecule has 146 valence electrons. The molecule has 5 heteroatoms. The molecule has 0 aliphatic carbocycles. The van der Waals surface area contributed by atoms with Crippen LogP contribution < -0.4 is 10.2 Å². The van der Waals surface area contributed by atoms with E-state index in [0.29, 0.717) is 17.9 Å². The molecule has 28 heavy (non-hydrogen) atoms. The molecular formula is C23H26N2O3. The molecule has 0 aliphatic rings. The van der Waals surface area contributed by atoms with E-state index >= 15 is 0 Å². The normalized spacial score (nSPS) is 9.11. The molecular weight excluding hydrogens is 352 g/mol. The lowest BCUT2D eigenvalue weighted by atomic mass is 10.2. The SMILES string of the molecule is C=CC.C=CC.O=C(NO)c1ccc(OCc2ccc3ccccc3n2)cc1. The summed E-state index contributed by atoms with van der Waals surface area (Å²) in [7, 11) is 0. The number of nitrogens with zero attached hydrogens (tertiary/aromatic N) is 1. The number of para-hydroxylation sites is 1. The molecule has 0 saturated carbocycles. The van der Waals surface area contributed by atoms with Crippen LogP contribution in [0.3, 0.4) is 0 Å². The van der Waals surface area contributed by atoms with Crippen LogP contribution in [0.4, 0.5) is 0 Å². The summed E-state index contributed by atoms with van der Waals surface area (Å²) in [4.78, 5) is 15.7. The van der Waals surface area contributed by atoms with Crippen molar-refractivity contribution in [1.82, 2.24) is 10.5 Å². The zero-order valence-electron chi connectivity index (χ0n) is 16.3. The highest BCUT2D eigenvalue weighted by Gasteiger charge is 2.04. The minimum absolute atomic E-state index is 0.344. The van der Waals surface area contributed by atoms with Gasteiger partial charge in [-0.15, -0.1) is 13.2 Å². The zero-order chi connectivity index (χ0) is 20.8. The molecule has 1 amide bonds. The van der Waals surface area contributed by atoms with Crippen molar-refractivity contribution in [2.45, 2.75) is 20.5 Å². The molecule has 1 aromatic heterocycles. The first-order chi connectivity index (χ1) is 13.6. The predicted octanol–water partition coefficient (Wildman–Crippen LogP) is 5.32. The number of hydrogen-bond acceptors (Lipinski definition) is 4. The van der Waals surface area contributed by atoms with E-state index < -0.39 is 5.91 Å². The van der Waals surface area contributed by atoms with Gasteiger partial charge in [-0.2, -0.15) is 0 Å².